The van der Waals surface area contributed by atoms with Crippen LogP contribution in [0.25, 0.3) is 5.65 Å². The first kappa shape index (κ1) is 13.0. The van der Waals surface area contributed by atoms with E-state index in [9.17, 15) is 9.59 Å². The highest BCUT2D eigenvalue weighted by Crippen LogP contribution is 1.98. The third-order valence-electron chi connectivity index (χ3n) is 3.01. The fourth-order valence-electron chi connectivity index (χ4n) is 1.95. The van der Waals surface area contributed by atoms with E-state index >= 15 is 0 Å². The molecule has 0 saturated carbocycles. The summed E-state index contributed by atoms with van der Waals surface area (Å²) in [5.74, 6) is -0.462. The number of nitrogens with one attached hydrogen (secondary N) is 1. The van der Waals surface area contributed by atoms with Gasteiger partial charge in [-0.1, -0.05) is 12.1 Å². The average molecular weight is 280 g/mol. The second kappa shape index (κ2) is 5.54. The van der Waals surface area contributed by atoms with Crippen molar-refractivity contribution in [3.63, 3.8) is 0 Å². The van der Waals surface area contributed by atoms with E-state index in [2.05, 4.69) is 15.3 Å². The highest BCUT2D eigenvalue weighted by Gasteiger charge is 2.12. The van der Waals surface area contributed by atoms with E-state index in [-0.39, 0.29) is 17.7 Å². The molecule has 0 unspecified atom stereocenters. The highest BCUT2D eigenvalue weighted by molar-refractivity contribution is 5.93. The van der Waals surface area contributed by atoms with Gasteiger partial charge >= 0.3 is 0 Å². The predicted molar refractivity (Wildman–Crippen MR) is 76.9 cm³/mol. The van der Waals surface area contributed by atoms with Crippen molar-refractivity contribution in [1.29, 1.82) is 0 Å². The van der Waals surface area contributed by atoms with E-state index < -0.39 is 5.91 Å². The Labute approximate surface area is 120 Å². The van der Waals surface area contributed by atoms with Crippen molar-refractivity contribution in [2.75, 3.05) is 0 Å². The zero-order chi connectivity index (χ0) is 14.7. The number of amides is 1. The Morgan fingerprint density at radius 2 is 2.00 bits per heavy atom. The van der Waals surface area contributed by atoms with Crippen LogP contribution in [0, 0.1) is 0 Å². The molecule has 0 aliphatic carbocycles. The molecule has 0 aromatic carbocycles. The number of hydrogen-bond acceptors (Lipinski definition) is 4. The normalized spacial score (nSPS) is 10.5. The topological polar surface area (TPSA) is 76.4 Å². The minimum absolute atomic E-state index is 0.00892. The number of carbonyl (C=O) groups excluding carboxylic acids is 1. The van der Waals surface area contributed by atoms with Crippen LogP contribution >= 0.6 is 0 Å². The van der Waals surface area contributed by atoms with Crippen LogP contribution in [0.5, 0.6) is 0 Å². The maximum absolute atomic E-state index is 12.2. The zero-order valence-electron chi connectivity index (χ0n) is 11.1. The van der Waals surface area contributed by atoms with Crippen molar-refractivity contribution >= 4 is 11.6 Å². The zero-order valence-corrected chi connectivity index (χ0v) is 11.1. The first-order valence-electron chi connectivity index (χ1n) is 6.40. The van der Waals surface area contributed by atoms with Gasteiger partial charge in [0.2, 0.25) is 0 Å². The number of carbonyl (C=O) groups is 1. The Morgan fingerprint density at radius 1 is 1.14 bits per heavy atom. The summed E-state index contributed by atoms with van der Waals surface area (Å²) in [4.78, 5) is 32.5. The Hall–Kier alpha value is -3.02. The molecule has 104 valence electrons. The van der Waals surface area contributed by atoms with Crippen molar-refractivity contribution in [3.8, 4) is 0 Å². The monoisotopic (exact) mass is 280 g/mol. The lowest BCUT2D eigenvalue weighted by Gasteiger charge is -2.05. The first-order valence-corrected chi connectivity index (χ1v) is 6.40. The molecule has 3 heterocycles. The lowest BCUT2D eigenvalue weighted by atomic mass is 10.3. The minimum Gasteiger partial charge on any atom is -0.346 e. The number of aromatic nitrogens is 3. The Balaban J connectivity index is 1.85. The summed E-state index contributed by atoms with van der Waals surface area (Å²) in [7, 11) is 0. The Kier molecular flexibility index (Phi) is 3.42. The fourth-order valence-corrected chi connectivity index (χ4v) is 1.95. The van der Waals surface area contributed by atoms with Crippen LogP contribution in [-0.2, 0) is 6.54 Å². The average Bonchev–Trinajstić information content (AvgIpc) is 2.54. The van der Waals surface area contributed by atoms with E-state index in [4.69, 9.17) is 0 Å². The van der Waals surface area contributed by atoms with Gasteiger partial charge in [-0.25, -0.2) is 4.98 Å². The maximum Gasteiger partial charge on any atom is 0.270 e. The third kappa shape index (κ3) is 2.64. The van der Waals surface area contributed by atoms with Gasteiger partial charge in [0.25, 0.3) is 11.5 Å². The molecule has 0 bridgehead atoms. The van der Waals surface area contributed by atoms with Gasteiger partial charge in [0.15, 0.2) is 0 Å². The van der Waals surface area contributed by atoms with Crippen LogP contribution in [-0.4, -0.2) is 20.3 Å². The van der Waals surface area contributed by atoms with Crippen molar-refractivity contribution in [2.45, 2.75) is 6.54 Å². The summed E-state index contributed by atoms with van der Waals surface area (Å²) < 4.78 is 1.34. The number of hydrogen-bond donors (Lipinski definition) is 1. The summed E-state index contributed by atoms with van der Waals surface area (Å²) in [6.07, 6.45) is 4.53. The second-order valence-corrected chi connectivity index (χ2v) is 4.41. The van der Waals surface area contributed by atoms with Crippen LogP contribution in [0.3, 0.4) is 0 Å². The lowest BCUT2D eigenvalue weighted by molar-refractivity contribution is 0.0948. The van der Waals surface area contributed by atoms with E-state index in [0.29, 0.717) is 5.65 Å². The smallest absolute Gasteiger partial charge is 0.270 e. The van der Waals surface area contributed by atoms with Crippen molar-refractivity contribution in [1.82, 2.24) is 19.7 Å². The van der Waals surface area contributed by atoms with Crippen molar-refractivity contribution < 1.29 is 4.79 Å². The van der Waals surface area contributed by atoms with Crippen molar-refractivity contribution in [3.05, 3.63) is 76.6 Å². The van der Waals surface area contributed by atoms with Gasteiger partial charge in [-0.2, -0.15) is 0 Å². The second-order valence-electron chi connectivity index (χ2n) is 4.41. The van der Waals surface area contributed by atoms with Crippen LogP contribution in [0.15, 0.2) is 59.8 Å². The van der Waals surface area contributed by atoms with Gasteiger partial charge in [-0.3, -0.25) is 19.0 Å². The van der Waals surface area contributed by atoms with Gasteiger partial charge in [-0.05, 0) is 24.3 Å². The molecule has 0 atom stereocenters. The largest absolute Gasteiger partial charge is 0.346 e. The summed E-state index contributed by atoms with van der Waals surface area (Å²) in [5.41, 5.74) is 0.845. The Morgan fingerprint density at radius 3 is 2.81 bits per heavy atom. The molecular formula is C15H12N4O2. The molecule has 0 aliphatic rings. The Bertz CT molecular complexity index is 843. The summed E-state index contributed by atoms with van der Waals surface area (Å²) >= 11 is 0. The SMILES string of the molecule is O=C(NCc1ccccn1)c1cnc2ccccn2c1=O. The van der Waals surface area contributed by atoms with E-state index in [1.165, 1.54) is 10.6 Å². The first-order chi connectivity index (χ1) is 10.3. The number of rotatable bonds is 3. The van der Waals surface area contributed by atoms with Crippen molar-refractivity contribution in [2.24, 2.45) is 0 Å². The summed E-state index contributed by atoms with van der Waals surface area (Å²) in [5, 5.41) is 2.67. The maximum atomic E-state index is 12.2. The van der Waals surface area contributed by atoms with Crippen LogP contribution in [0.2, 0.25) is 0 Å². The molecule has 0 aliphatic heterocycles. The minimum atomic E-state index is -0.462. The van der Waals surface area contributed by atoms with Gasteiger partial charge in [-0.15, -0.1) is 0 Å². The number of pyridine rings is 2. The molecule has 0 fully saturated rings. The molecule has 1 amide bonds. The molecule has 3 rings (SSSR count). The van der Waals surface area contributed by atoms with Crippen LogP contribution in [0.1, 0.15) is 16.1 Å². The predicted octanol–water partition coefficient (Wildman–Crippen LogP) is 1.02. The molecule has 6 heteroatoms. The standard InChI is InChI=1S/C15H12N4O2/c20-14(18-9-11-5-1-3-7-16-11)12-10-17-13-6-2-4-8-19(13)15(12)21/h1-8,10H,9H2,(H,18,20). The fraction of sp³-hybridized carbons (Fsp3) is 0.0667. The summed E-state index contributed by atoms with van der Waals surface area (Å²) in [6, 6.07) is 10.6. The molecule has 0 radical (unpaired) electrons. The summed E-state index contributed by atoms with van der Waals surface area (Å²) in [6.45, 7) is 0.261. The molecule has 0 spiro atoms. The number of nitrogens with zero attached hydrogens (tertiary/aromatic N) is 3. The van der Waals surface area contributed by atoms with Gasteiger partial charge in [0.1, 0.15) is 11.2 Å². The molecule has 21 heavy (non-hydrogen) atoms. The molecule has 0 saturated heterocycles. The van der Waals surface area contributed by atoms with E-state index in [0.717, 1.165) is 5.69 Å². The molecule has 3 aromatic heterocycles. The molecular weight excluding hydrogens is 268 g/mol. The molecule has 1 N–H and O–H groups in total. The highest BCUT2D eigenvalue weighted by atomic mass is 16.2. The quantitative estimate of drug-likeness (QED) is 0.777. The third-order valence-corrected chi connectivity index (χ3v) is 3.01. The van der Waals surface area contributed by atoms with E-state index in [1.54, 1.807) is 42.7 Å². The lowest BCUT2D eigenvalue weighted by Crippen LogP contribution is -2.31. The van der Waals surface area contributed by atoms with E-state index in [1.807, 2.05) is 6.07 Å². The van der Waals surface area contributed by atoms with Gasteiger partial charge in [0, 0.05) is 18.6 Å². The molecule has 3 aromatic rings. The number of fused-ring (bicyclic) bond motifs is 1. The molecule has 6 nitrogen and oxygen atoms in total. The van der Waals surface area contributed by atoms with Gasteiger partial charge < -0.3 is 5.32 Å². The van der Waals surface area contributed by atoms with Crippen LogP contribution < -0.4 is 10.9 Å². The van der Waals surface area contributed by atoms with Crippen LogP contribution in [0.4, 0.5) is 0 Å². The van der Waals surface area contributed by atoms with Gasteiger partial charge in [0.05, 0.1) is 12.2 Å².